The molecule has 1 saturated carbocycles. The van der Waals surface area contributed by atoms with Crippen LogP contribution in [0.1, 0.15) is 60.0 Å². The highest BCUT2D eigenvalue weighted by atomic mass is 16.5. The van der Waals surface area contributed by atoms with Crippen LogP contribution >= 0.6 is 0 Å². The third-order valence-electron chi connectivity index (χ3n) is 5.64. The number of carbonyl (C=O) groups excluding carboxylic acids is 1. The van der Waals surface area contributed by atoms with Crippen molar-refractivity contribution in [1.29, 1.82) is 0 Å². The minimum atomic E-state index is -0.384. The van der Waals surface area contributed by atoms with Gasteiger partial charge in [-0.1, -0.05) is 43.9 Å². The van der Waals surface area contributed by atoms with Gasteiger partial charge in [0.15, 0.2) is 0 Å². The van der Waals surface area contributed by atoms with Gasteiger partial charge in [-0.05, 0) is 67.1 Å². The fraction of sp³-hybridized carbons (Fsp3) is 0.458. The van der Waals surface area contributed by atoms with Crippen LogP contribution in [0.5, 0.6) is 5.75 Å². The van der Waals surface area contributed by atoms with Crippen molar-refractivity contribution in [2.45, 2.75) is 58.4 Å². The van der Waals surface area contributed by atoms with Crippen LogP contribution in [0.4, 0.5) is 0 Å². The SMILES string of the molecule is Cc1cc(-c2cccc(OCCNC3CCCCCC3)c2)c(C)cc1C(N)=O. The molecule has 0 aromatic heterocycles. The van der Waals surface area contributed by atoms with Crippen LogP contribution < -0.4 is 15.8 Å². The van der Waals surface area contributed by atoms with Crippen LogP contribution in [0.15, 0.2) is 36.4 Å². The number of amides is 1. The van der Waals surface area contributed by atoms with Gasteiger partial charge in [0.25, 0.3) is 0 Å². The quantitative estimate of drug-likeness (QED) is 0.538. The first-order chi connectivity index (χ1) is 13.5. The maximum Gasteiger partial charge on any atom is 0.248 e. The van der Waals surface area contributed by atoms with E-state index < -0.39 is 0 Å². The summed E-state index contributed by atoms with van der Waals surface area (Å²) in [6.45, 7) is 5.47. The molecule has 0 aliphatic heterocycles. The molecule has 0 bridgehead atoms. The summed E-state index contributed by atoms with van der Waals surface area (Å²) >= 11 is 0. The second kappa shape index (κ2) is 9.74. The van der Waals surface area contributed by atoms with E-state index >= 15 is 0 Å². The van der Waals surface area contributed by atoms with Gasteiger partial charge in [-0.25, -0.2) is 0 Å². The van der Waals surface area contributed by atoms with E-state index in [1.807, 2.05) is 38.1 Å². The van der Waals surface area contributed by atoms with Gasteiger partial charge in [-0.3, -0.25) is 4.79 Å². The lowest BCUT2D eigenvalue weighted by atomic mass is 9.94. The molecule has 1 amide bonds. The molecule has 3 N–H and O–H groups in total. The highest BCUT2D eigenvalue weighted by Gasteiger charge is 2.12. The Hall–Kier alpha value is -2.33. The van der Waals surface area contributed by atoms with Crippen LogP contribution in [0.3, 0.4) is 0 Å². The molecule has 0 spiro atoms. The summed E-state index contributed by atoms with van der Waals surface area (Å²) in [5.74, 6) is 0.488. The van der Waals surface area contributed by atoms with Crippen molar-refractivity contribution in [2.75, 3.05) is 13.2 Å². The van der Waals surface area contributed by atoms with Gasteiger partial charge in [0.1, 0.15) is 12.4 Å². The Bertz CT molecular complexity index is 808. The van der Waals surface area contributed by atoms with Gasteiger partial charge < -0.3 is 15.8 Å². The Kier molecular flexibility index (Phi) is 7.10. The number of primary amides is 1. The molecule has 0 unspecified atom stereocenters. The number of nitrogens with two attached hydrogens (primary N) is 1. The topological polar surface area (TPSA) is 64.3 Å². The van der Waals surface area contributed by atoms with Crippen molar-refractivity contribution in [3.8, 4) is 16.9 Å². The van der Waals surface area contributed by atoms with Crippen molar-refractivity contribution < 1.29 is 9.53 Å². The zero-order valence-corrected chi connectivity index (χ0v) is 17.1. The molecule has 28 heavy (non-hydrogen) atoms. The normalized spacial score (nSPS) is 15.2. The predicted molar refractivity (Wildman–Crippen MR) is 115 cm³/mol. The summed E-state index contributed by atoms with van der Waals surface area (Å²) in [5.41, 5.74) is 10.2. The first-order valence-electron chi connectivity index (χ1n) is 10.4. The van der Waals surface area contributed by atoms with Crippen LogP contribution in [-0.4, -0.2) is 25.1 Å². The third-order valence-corrected chi connectivity index (χ3v) is 5.64. The molecule has 0 heterocycles. The molecule has 2 aromatic carbocycles. The molecule has 3 rings (SSSR count). The highest BCUT2D eigenvalue weighted by Crippen LogP contribution is 2.29. The molecule has 4 heteroatoms. The van der Waals surface area contributed by atoms with E-state index in [0.29, 0.717) is 18.2 Å². The summed E-state index contributed by atoms with van der Waals surface area (Å²) in [4.78, 5) is 11.6. The zero-order valence-electron chi connectivity index (χ0n) is 17.1. The van der Waals surface area contributed by atoms with Gasteiger partial charge >= 0.3 is 0 Å². The lowest BCUT2D eigenvalue weighted by Crippen LogP contribution is -2.32. The van der Waals surface area contributed by atoms with Gasteiger partial charge in [0, 0.05) is 18.2 Å². The number of hydrogen-bond donors (Lipinski definition) is 2. The number of aryl methyl sites for hydroxylation is 2. The molecule has 150 valence electrons. The first-order valence-corrected chi connectivity index (χ1v) is 10.4. The molecule has 0 atom stereocenters. The lowest BCUT2D eigenvalue weighted by molar-refractivity contribution is 0.0999. The van der Waals surface area contributed by atoms with Crippen LogP contribution in [-0.2, 0) is 0 Å². The van der Waals surface area contributed by atoms with Gasteiger partial charge in [-0.2, -0.15) is 0 Å². The van der Waals surface area contributed by atoms with E-state index in [9.17, 15) is 4.79 Å². The first kappa shape index (κ1) is 20.4. The van der Waals surface area contributed by atoms with E-state index in [4.69, 9.17) is 10.5 Å². The molecule has 2 aromatic rings. The second-order valence-corrected chi connectivity index (χ2v) is 7.87. The number of benzene rings is 2. The van der Waals surface area contributed by atoms with Crippen molar-refractivity contribution in [2.24, 2.45) is 5.73 Å². The second-order valence-electron chi connectivity index (χ2n) is 7.87. The van der Waals surface area contributed by atoms with Crippen molar-refractivity contribution in [1.82, 2.24) is 5.32 Å². The van der Waals surface area contributed by atoms with E-state index in [0.717, 1.165) is 34.5 Å². The van der Waals surface area contributed by atoms with E-state index in [2.05, 4.69) is 17.4 Å². The van der Waals surface area contributed by atoms with Crippen molar-refractivity contribution in [3.05, 3.63) is 53.1 Å². The van der Waals surface area contributed by atoms with Crippen LogP contribution in [0, 0.1) is 13.8 Å². The van der Waals surface area contributed by atoms with Gasteiger partial charge in [0.05, 0.1) is 0 Å². The molecule has 0 radical (unpaired) electrons. The van der Waals surface area contributed by atoms with Gasteiger partial charge in [0.2, 0.25) is 5.91 Å². The van der Waals surface area contributed by atoms with Crippen LogP contribution in [0.2, 0.25) is 0 Å². The van der Waals surface area contributed by atoms with E-state index in [1.165, 1.54) is 38.5 Å². The fourth-order valence-corrected chi connectivity index (χ4v) is 4.06. The Balaban J connectivity index is 1.61. The number of rotatable bonds is 7. The molecule has 1 aliphatic rings. The fourth-order valence-electron chi connectivity index (χ4n) is 4.06. The number of hydrogen-bond acceptors (Lipinski definition) is 3. The Labute approximate surface area is 168 Å². The highest BCUT2D eigenvalue weighted by molar-refractivity contribution is 5.95. The van der Waals surface area contributed by atoms with E-state index in [-0.39, 0.29) is 5.91 Å². The standard InChI is InChI=1S/C24H32N2O2/c1-17-15-23(24(25)27)18(2)14-22(17)19-8-7-11-21(16-19)28-13-12-26-20-9-5-3-4-6-10-20/h7-8,11,14-16,20,26H,3-6,9-10,12-13H2,1-2H3,(H2,25,27). The van der Waals surface area contributed by atoms with Gasteiger partial charge in [-0.15, -0.1) is 0 Å². The summed E-state index contributed by atoms with van der Waals surface area (Å²) in [5, 5.41) is 3.64. The van der Waals surface area contributed by atoms with E-state index in [1.54, 1.807) is 0 Å². The Morgan fingerprint density at radius 1 is 1.07 bits per heavy atom. The summed E-state index contributed by atoms with van der Waals surface area (Å²) in [7, 11) is 0. The molecule has 1 aliphatic carbocycles. The maximum atomic E-state index is 11.6. The minimum absolute atomic E-state index is 0.384. The zero-order chi connectivity index (χ0) is 19.9. The average Bonchev–Trinajstić information content (AvgIpc) is 2.95. The minimum Gasteiger partial charge on any atom is -0.492 e. The number of ether oxygens (including phenoxy) is 1. The largest absolute Gasteiger partial charge is 0.492 e. The van der Waals surface area contributed by atoms with Crippen molar-refractivity contribution >= 4 is 5.91 Å². The molecule has 0 saturated heterocycles. The molecular formula is C24H32N2O2. The summed E-state index contributed by atoms with van der Waals surface area (Å²) < 4.78 is 5.99. The Morgan fingerprint density at radius 2 is 1.82 bits per heavy atom. The summed E-state index contributed by atoms with van der Waals surface area (Å²) in [6, 6.07) is 12.7. The monoisotopic (exact) mass is 380 g/mol. The molecule has 4 nitrogen and oxygen atoms in total. The van der Waals surface area contributed by atoms with Crippen molar-refractivity contribution in [3.63, 3.8) is 0 Å². The molecule has 1 fully saturated rings. The smallest absolute Gasteiger partial charge is 0.248 e. The third kappa shape index (κ3) is 5.35. The number of carbonyl (C=O) groups is 1. The lowest BCUT2D eigenvalue weighted by Gasteiger charge is -2.16. The van der Waals surface area contributed by atoms with Crippen LogP contribution in [0.25, 0.3) is 11.1 Å². The maximum absolute atomic E-state index is 11.6. The Morgan fingerprint density at radius 3 is 2.54 bits per heavy atom. The predicted octanol–water partition coefficient (Wildman–Crippen LogP) is 4.76. The molecular weight excluding hydrogens is 348 g/mol. The number of nitrogens with one attached hydrogen (secondary N) is 1. The average molecular weight is 381 g/mol. The summed E-state index contributed by atoms with van der Waals surface area (Å²) in [6.07, 6.45) is 8.01.